The van der Waals surface area contributed by atoms with Gasteiger partial charge in [0.15, 0.2) is 5.82 Å². The van der Waals surface area contributed by atoms with Gasteiger partial charge in [0.1, 0.15) is 0 Å². The van der Waals surface area contributed by atoms with Crippen LogP contribution in [-0.4, -0.2) is 56.9 Å². The molecular weight excluding hydrogens is 326 g/mol. The van der Waals surface area contributed by atoms with Crippen molar-refractivity contribution in [3.8, 4) is 11.7 Å². The number of hydrogen-bond acceptors (Lipinski definition) is 5. The SMILES string of the molecule is CN(C)C1=CC(CN2CCc3c(nn(-c4ccccn4)c3O)C2)=CCC1. The Hall–Kier alpha value is -2.60. The first-order valence-electron chi connectivity index (χ1n) is 9.12. The van der Waals surface area contributed by atoms with Gasteiger partial charge in [0.05, 0.1) is 5.69 Å². The Morgan fingerprint density at radius 3 is 2.88 bits per heavy atom. The molecule has 0 saturated carbocycles. The summed E-state index contributed by atoms with van der Waals surface area (Å²) in [6.07, 6.45) is 9.39. The molecular formula is C20H25N5O. The van der Waals surface area contributed by atoms with E-state index in [0.717, 1.165) is 50.2 Å². The van der Waals surface area contributed by atoms with Gasteiger partial charge in [-0.15, -0.1) is 0 Å². The quantitative estimate of drug-likeness (QED) is 0.917. The van der Waals surface area contributed by atoms with E-state index in [-0.39, 0.29) is 5.88 Å². The summed E-state index contributed by atoms with van der Waals surface area (Å²) in [5, 5.41) is 15.2. The lowest BCUT2D eigenvalue weighted by Gasteiger charge is -2.28. The van der Waals surface area contributed by atoms with Crippen LogP contribution in [0.1, 0.15) is 24.1 Å². The molecule has 0 aromatic carbocycles. The van der Waals surface area contributed by atoms with E-state index in [1.807, 2.05) is 18.2 Å². The summed E-state index contributed by atoms with van der Waals surface area (Å²) in [6.45, 7) is 2.61. The maximum Gasteiger partial charge on any atom is 0.219 e. The van der Waals surface area contributed by atoms with Gasteiger partial charge in [0.2, 0.25) is 5.88 Å². The molecule has 0 amide bonds. The minimum Gasteiger partial charge on any atom is -0.493 e. The van der Waals surface area contributed by atoms with Crippen LogP contribution in [0.15, 0.2) is 47.8 Å². The van der Waals surface area contributed by atoms with Gasteiger partial charge in [0, 0.05) is 51.2 Å². The normalized spacial score (nSPS) is 17.5. The van der Waals surface area contributed by atoms with Gasteiger partial charge >= 0.3 is 0 Å². The standard InChI is InChI=1S/C20H25N5O/c1-23(2)16-7-5-6-15(12-16)13-24-11-9-17-18(14-24)22-25(20(17)26)19-8-3-4-10-21-19/h3-4,6,8,10,12,26H,5,7,9,11,13-14H2,1-2H3. The Labute approximate surface area is 154 Å². The fourth-order valence-electron chi connectivity index (χ4n) is 3.67. The van der Waals surface area contributed by atoms with Gasteiger partial charge in [0.25, 0.3) is 0 Å². The lowest BCUT2D eigenvalue weighted by molar-refractivity contribution is 0.271. The Balaban J connectivity index is 1.51. The van der Waals surface area contributed by atoms with E-state index in [9.17, 15) is 5.11 Å². The van der Waals surface area contributed by atoms with Crippen molar-refractivity contribution in [3.63, 3.8) is 0 Å². The molecule has 0 atom stereocenters. The minimum atomic E-state index is 0.227. The molecule has 6 nitrogen and oxygen atoms in total. The third-order valence-electron chi connectivity index (χ3n) is 5.10. The fraction of sp³-hybridized carbons (Fsp3) is 0.400. The predicted octanol–water partition coefficient (Wildman–Crippen LogP) is 2.50. The van der Waals surface area contributed by atoms with Crippen molar-refractivity contribution < 1.29 is 5.11 Å². The van der Waals surface area contributed by atoms with E-state index in [0.29, 0.717) is 5.82 Å². The maximum absolute atomic E-state index is 10.5. The second-order valence-corrected chi connectivity index (χ2v) is 7.16. The van der Waals surface area contributed by atoms with Gasteiger partial charge in [-0.25, -0.2) is 4.98 Å². The van der Waals surface area contributed by atoms with E-state index in [1.165, 1.54) is 11.3 Å². The molecule has 0 saturated heterocycles. The number of allylic oxidation sites excluding steroid dienone is 2. The number of aromatic nitrogens is 3. The summed E-state index contributed by atoms with van der Waals surface area (Å²) in [5.74, 6) is 0.879. The lowest BCUT2D eigenvalue weighted by Crippen LogP contribution is -2.32. The van der Waals surface area contributed by atoms with Crippen molar-refractivity contribution in [2.45, 2.75) is 25.8 Å². The van der Waals surface area contributed by atoms with Crippen molar-refractivity contribution >= 4 is 0 Å². The average Bonchev–Trinajstić information content (AvgIpc) is 2.99. The summed E-state index contributed by atoms with van der Waals surface area (Å²) >= 11 is 0. The zero-order chi connectivity index (χ0) is 18.1. The third kappa shape index (κ3) is 3.24. The summed E-state index contributed by atoms with van der Waals surface area (Å²) in [4.78, 5) is 8.90. The van der Waals surface area contributed by atoms with Crippen LogP contribution in [0.2, 0.25) is 0 Å². The highest BCUT2D eigenvalue weighted by atomic mass is 16.3. The molecule has 0 unspecified atom stereocenters. The highest BCUT2D eigenvalue weighted by molar-refractivity contribution is 5.39. The predicted molar refractivity (Wildman–Crippen MR) is 101 cm³/mol. The second-order valence-electron chi connectivity index (χ2n) is 7.16. The van der Waals surface area contributed by atoms with E-state index in [4.69, 9.17) is 0 Å². The van der Waals surface area contributed by atoms with Crippen LogP contribution >= 0.6 is 0 Å². The van der Waals surface area contributed by atoms with E-state index in [1.54, 1.807) is 10.9 Å². The number of fused-ring (bicyclic) bond motifs is 1. The molecule has 26 heavy (non-hydrogen) atoms. The molecule has 2 aromatic heterocycles. The minimum absolute atomic E-state index is 0.227. The molecule has 1 aliphatic heterocycles. The monoisotopic (exact) mass is 351 g/mol. The van der Waals surface area contributed by atoms with Crippen LogP contribution in [0.3, 0.4) is 0 Å². The Bertz CT molecular complexity index is 851. The zero-order valence-corrected chi connectivity index (χ0v) is 15.4. The first-order valence-corrected chi connectivity index (χ1v) is 9.12. The molecule has 0 bridgehead atoms. The number of aromatic hydroxyl groups is 1. The second kappa shape index (κ2) is 6.96. The summed E-state index contributed by atoms with van der Waals surface area (Å²) in [5.41, 5.74) is 4.66. The molecule has 6 heteroatoms. The Kier molecular flexibility index (Phi) is 4.51. The van der Waals surface area contributed by atoms with Crippen molar-refractivity contribution in [2.24, 2.45) is 0 Å². The van der Waals surface area contributed by atoms with Gasteiger partial charge in [-0.1, -0.05) is 12.1 Å². The van der Waals surface area contributed by atoms with Gasteiger partial charge < -0.3 is 10.0 Å². The third-order valence-corrected chi connectivity index (χ3v) is 5.10. The van der Waals surface area contributed by atoms with Crippen molar-refractivity contribution in [2.75, 3.05) is 27.2 Å². The molecule has 2 aliphatic rings. The number of hydrogen-bond donors (Lipinski definition) is 1. The first kappa shape index (κ1) is 16.8. The van der Waals surface area contributed by atoms with Crippen LogP contribution in [0.25, 0.3) is 5.82 Å². The van der Waals surface area contributed by atoms with Gasteiger partial charge in [-0.3, -0.25) is 4.90 Å². The van der Waals surface area contributed by atoms with E-state index in [2.05, 4.69) is 46.1 Å². The smallest absolute Gasteiger partial charge is 0.219 e. The van der Waals surface area contributed by atoms with Crippen LogP contribution in [-0.2, 0) is 13.0 Å². The maximum atomic E-state index is 10.5. The fourth-order valence-corrected chi connectivity index (χ4v) is 3.67. The molecule has 3 heterocycles. The van der Waals surface area contributed by atoms with Crippen molar-refractivity contribution in [1.82, 2.24) is 24.6 Å². The number of rotatable bonds is 4. The molecule has 4 rings (SSSR count). The van der Waals surface area contributed by atoms with Crippen LogP contribution in [0.5, 0.6) is 5.88 Å². The Morgan fingerprint density at radius 2 is 2.12 bits per heavy atom. The summed E-state index contributed by atoms with van der Waals surface area (Å²) < 4.78 is 1.55. The van der Waals surface area contributed by atoms with Crippen LogP contribution in [0.4, 0.5) is 0 Å². The largest absolute Gasteiger partial charge is 0.493 e. The molecule has 0 fully saturated rings. The summed E-state index contributed by atoms with van der Waals surface area (Å²) in [6, 6.07) is 5.62. The topological polar surface area (TPSA) is 57.4 Å². The van der Waals surface area contributed by atoms with E-state index < -0.39 is 0 Å². The number of pyridine rings is 1. The summed E-state index contributed by atoms with van der Waals surface area (Å²) in [7, 11) is 4.21. The first-order chi connectivity index (χ1) is 12.6. The number of nitrogens with zero attached hydrogens (tertiary/aromatic N) is 5. The molecule has 1 N–H and O–H groups in total. The van der Waals surface area contributed by atoms with Crippen LogP contribution < -0.4 is 0 Å². The molecule has 0 spiro atoms. The highest BCUT2D eigenvalue weighted by Gasteiger charge is 2.25. The van der Waals surface area contributed by atoms with Gasteiger partial charge in [-0.05, 0) is 43.0 Å². The Morgan fingerprint density at radius 1 is 1.23 bits per heavy atom. The molecule has 2 aromatic rings. The molecule has 1 aliphatic carbocycles. The molecule has 136 valence electrons. The van der Waals surface area contributed by atoms with E-state index >= 15 is 0 Å². The lowest BCUT2D eigenvalue weighted by atomic mass is 10.0. The van der Waals surface area contributed by atoms with Gasteiger partial charge in [-0.2, -0.15) is 9.78 Å². The van der Waals surface area contributed by atoms with Crippen molar-refractivity contribution in [3.05, 3.63) is 59.1 Å². The van der Waals surface area contributed by atoms with Crippen molar-refractivity contribution in [1.29, 1.82) is 0 Å². The van der Waals surface area contributed by atoms with Crippen LogP contribution in [0, 0.1) is 0 Å². The highest BCUT2D eigenvalue weighted by Crippen LogP contribution is 2.29. The average molecular weight is 351 g/mol. The molecule has 0 radical (unpaired) electrons. The zero-order valence-electron chi connectivity index (χ0n) is 15.4.